The molecule has 0 aromatic heterocycles. The molecule has 0 unspecified atom stereocenters. The molecule has 0 aliphatic carbocycles. The van der Waals surface area contributed by atoms with E-state index in [4.69, 9.17) is 0 Å². The predicted octanol–water partition coefficient (Wildman–Crippen LogP) is 3.66. The molecule has 0 radical (unpaired) electrons. The number of amides is 1. The Morgan fingerprint density at radius 3 is 1.94 bits per heavy atom. The summed E-state index contributed by atoms with van der Waals surface area (Å²) in [5, 5.41) is 2.71. The first kappa shape index (κ1) is 26.2. The van der Waals surface area contributed by atoms with Crippen LogP contribution in [-0.2, 0) is 24.8 Å². The van der Waals surface area contributed by atoms with Crippen LogP contribution in [0.1, 0.15) is 43.7 Å². The SMILES string of the molecule is Cc1cc(C)cc(N([C@H](C)C(=O)Nc2ccc(S(=O)(=O)N3CCCCCC3)cc2)S(C)(=O)=O)c1. The van der Waals surface area contributed by atoms with Crippen molar-refractivity contribution >= 4 is 37.3 Å². The third-order valence-corrected chi connectivity index (χ3v) is 9.03. The number of nitrogens with one attached hydrogen (secondary N) is 1. The fourth-order valence-corrected chi connectivity index (χ4v) is 6.95. The summed E-state index contributed by atoms with van der Waals surface area (Å²) in [7, 11) is -7.33. The molecule has 0 bridgehead atoms. The van der Waals surface area contributed by atoms with Crippen molar-refractivity contribution in [3.05, 3.63) is 53.6 Å². The van der Waals surface area contributed by atoms with E-state index in [1.54, 1.807) is 12.1 Å². The van der Waals surface area contributed by atoms with Crippen LogP contribution < -0.4 is 9.62 Å². The molecule has 2 aromatic rings. The van der Waals surface area contributed by atoms with E-state index in [0.29, 0.717) is 24.5 Å². The van der Waals surface area contributed by atoms with Gasteiger partial charge in [0.1, 0.15) is 6.04 Å². The van der Waals surface area contributed by atoms with Crippen LogP contribution in [0.5, 0.6) is 0 Å². The monoisotopic (exact) mass is 507 g/mol. The Kier molecular flexibility index (Phi) is 8.05. The van der Waals surface area contributed by atoms with Crippen molar-refractivity contribution in [2.45, 2.75) is 57.4 Å². The Morgan fingerprint density at radius 2 is 1.44 bits per heavy atom. The van der Waals surface area contributed by atoms with Gasteiger partial charge < -0.3 is 5.32 Å². The molecule has 2 aromatic carbocycles. The highest BCUT2D eigenvalue weighted by molar-refractivity contribution is 7.92. The molecule has 1 fully saturated rings. The van der Waals surface area contributed by atoms with Gasteiger partial charge in [0.2, 0.25) is 26.0 Å². The third-order valence-electron chi connectivity index (χ3n) is 5.87. The molecule has 0 saturated carbocycles. The molecular weight excluding hydrogens is 474 g/mol. The molecular formula is C24H33N3O5S2. The minimum atomic E-state index is -3.74. The molecule has 186 valence electrons. The zero-order chi connectivity index (χ0) is 25.1. The van der Waals surface area contributed by atoms with E-state index in [2.05, 4.69) is 5.32 Å². The van der Waals surface area contributed by atoms with E-state index < -0.39 is 32.0 Å². The van der Waals surface area contributed by atoms with Gasteiger partial charge in [0.25, 0.3) is 0 Å². The average molecular weight is 508 g/mol. The molecule has 1 heterocycles. The zero-order valence-corrected chi connectivity index (χ0v) is 21.7. The summed E-state index contributed by atoms with van der Waals surface area (Å²) in [4.78, 5) is 13.1. The van der Waals surface area contributed by atoms with Crippen LogP contribution in [0.2, 0.25) is 0 Å². The summed E-state index contributed by atoms with van der Waals surface area (Å²) in [5.41, 5.74) is 2.58. The second-order valence-corrected chi connectivity index (χ2v) is 12.7. The molecule has 1 aliphatic heterocycles. The topological polar surface area (TPSA) is 104 Å². The lowest BCUT2D eigenvalue weighted by molar-refractivity contribution is -0.116. The zero-order valence-electron chi connectivity index (χ0n) is 20.1. The average Bonchev–Trinajstić information content (AvgIpc) is 3.02. The largest absolute Gasteiger partial charge is 0.324 e. The van der Waals surface area contributed by atoms with E-state index in [1.807, 2.05) is 19.9 Å². The van der Waals surface area contributed by atoms with Crippen molar-refractivity contribution in [2.75, 3.05) is 29.0 Å². The molecule has 10 heteroatoms. The number of aryl methyl sites for hydroxylation is 2. The minimum Gasteiger partial charge on any atom is -0.324 e. The second-order valence-electron chi connectivity index (χ2n) is 8.91. The van der Waals surface area contributed by atoms with Crippen molar-refractivity contribution in [3.63, 3.8) is 0 Å². The lowest BCUT2D eigenvalue weighted by Gasteiger charge is -2.29. The highest BCUT2D eigenvalue weighted by atomic mass is 32.2. The standard InChI is InChI=1S/C24H33N3O5S2/c1-18-15-19(2)17-22(16-18)27(33(4,29)30)20(3)24(28)25-21-9-11-23(12-10-21)34(31,32)26-13-7-5-6-8-14-26/h9-12,15-17,20H,5-8,13-14H2,1-4H3,(H,25,28)/t20-/m1/s1. The fraction of sp³-hybridized carbons (Fsp3) is 0.458. The Morgan fingerprint density at radius 1 is 0.912 bits per heavy atom. The maximum Gasteiger partial charge on any atom is 0.247 e. The molecule has 1 N–H and O–H groups in total. The van der Waals surface area contributed by atoms with Crippen molar-refractivity contribution in [1.29, 1.82) is 0 Å². The first-order valence-corrected chi connectivity index (χ1v) is 14.7. The van der Waals surface area contributed by atoms with E-state index in [0.717, 1.165) is 47.4 Å². The minimum absolute atomic E-state index is 0.174. The van der Waals surface area contributed by atoms with Crippen molar-refractivity contribution < 1.29 is 21.6 Å². The Hall–Kier alpha value is -2.43. The summed E-state index contributed by atoms with van der Waals surface area (Å²) in [6.45, 7) is 6.27. The van der Waals surface area contributed by atoms with Gasteiger partial charge in [-0.2, -0.15) is 4.31 Å². The lowest BCUT2D eigenvalue weighted by atomic mass is 10.1. The van der Waals surface area contributed by atoms with Crippen LogP contribution in [0, 0.1) is 13.8 Å². The number of anilines is 2. The molecule has 1 saturated heterocycles. The van der Waals surface area contributed by atoms with Gasteiger partial charge >= 0.3 is 0 Å². The first-order valence-electron chi connectivity index (χ1n) is 11.4. The number of hydrogen-bond donors (Lipinski definition) is 1. The molecule has 1 aliphatic rings. The summed E-state index contributed by atoms with van der Waals surface area (Å²) in [6.07, 6.45) is 4.83. The van der Waals surface area contributed by atoms with Gasteiger partial charge in [-0.3, -0.25) is 9.10 Å². The van der Waals surface area contributed by atoms with Crippen molar-refractivity contribution in [2.24, 2.45) is 0 Å². The van der Waals surface area contributed by atoms with Gasteiger partial charge in [-0.1, -0.05) is 18.9 Å². The van der Waals surface area contributed by atoms with Gasteiger partial charge in [0.15, 0.2) is 0 Å². The maximum atomic E-state index is 13.0. The maximum absolute atomic E-state index is 13.0. The molecule has 1 amide bonds. The van der Waals surface area contributed by atoms with Crippen LogP contribution >= 0.6 is 0 Å². The number of sulfonamides is 2. The molecule has 34 heavy (non-hydrogen) atoms. The van der Waals surface area contributed by atoms with Crippen LogP contribution in [0.4, 0.5) is 11.4 Å². The van der Waals surface area contributed by atoms with Crippen LogP contribution in [0.3, 0.4) is 0 Å². The fourth-order valence-electron chi connectivity index (χ4n) is 4.27. The van der Waals surface area contributed by atoms with Crippen molar-refractivity contribution in [1.82, 2.24) is 4.31 Å². The predicted molar refractivity (Wildman–Crippen MR) is 135 cm³/mol. The van der Waals surface area contributed by atoms with Crippen LogP contribution in [-0.4, -0.2) is 52.4 Å². The summed E-state index contributed by atoms with van der Waals surface area (Å²) >= 11 is 0. The van der Waals surface area contributed by atoms with E-state index in [9.17, 15) is 21.6 Å². The van der Waals surface area contributed by atoms with E-state index in [1.165, 1.54) is 35.5 Å². The number of nitrogens with zero attached hydrogens (tertiary/aromatic N) is 2. The highest BCUT2D eigenvalue weighted by Gasteiger charge is 2.30. The second kappa shape index (κ2) is 10.5. The normalized spacial score (nSPS) is 16.5. The molecule has 8 nitrogen and oxygen atoms in total. The molecule has 3 rings (SSSR count). The van der Waals surface area contributed by atoms with Crippen LogP contribution in [0.25, 0.3) is 0 Å². The quantitative estimate of drug-likeness (QED) is 0.616. The van der Waals surface area contributed by atoms with Gasteiger partial charge in [0, 0.05) is 18.8 Å². The summed E-state index contributed by atoms with van der Waals surface area (Å²) in [6, 6.07) is 10.3. The number of carbonyl (C=O) groups excluding carboxylic acids is 1. The van der Waals surface area contributed by atoms with Crippen LogP contribution in [0.15, 0.2) is 47.4 Å². The Labute approximate surface area is 203 Å². The Bertz CT molecular complexity index is 1210. The molecule has 0 spiro atoms. The number of carbonyl (C=O) groups is 1. The number of rotatable bonds is 7. The van der Waals surface area contributed by atoms with Gasteiger partial charge in [-0.25, -0.2) is 16.8 Å². The van der Waals surface area contributed by atoms with Gasteiger partial charge in [0.05, 0.1) is 16.8 Å². The smallest absolute Gasteiger partial charge is 0.247 e. The van der Waals surface area contributed by atoms with Crippen molar-refractivity contribution in [3.8, 4) is 0 Å². The van der Waals surface area contributed by atoms with Gasteiger partial charge in [-0.15, -0.1) is 0 Å². The third kappa shape index (κ3) is 6.17. The van der Waals surface area contributed by atoms with E-state index >= 15 is 0 Å². The molecule has 1 atom stereocenters. The van der Waals surface area contributed by atoms with E-state index in [-0.39, 0.29) is 4.90 Å². The Balaban J connectivity index is 1.78. The highest BCUT2D eigenvalue weighted by Crippen LogP contribution is 2.25. The number of benzene rings is 2. The number of hydrogen-bond acceptors (Lipinski definition) is 5. The lowest BCUT2D eigenvalue weighted by Crippen LogP contribution is -2.45. The summed E-state index contributed by atoms with van der Waals surface area (Å²) in [5.74, 6) is -0.521. The summed E-state index contributed by atoms with van der Waals surface area (Å²) < 4.78 is 53.6. The first-order chi connectivity index (χ1) is 15.9. The van der Waals surface area contributed by atoms with Gasteiger partial charge in [-0.05, 0) is 81.1 Å².